The topological polar surface area (TPSA) is 140 Å². The number of aromatic hydroxyl groups is 2. The van der Waals surface area contributed by atoms with Crippen LogP contribution in [0, 0.1) is 0 Å². The van der Waals surface area contributed by atoms with Crippen LogP contribution >= 0.6 is 0 Å². The monoisotopic (exact) mass is 394 g/mol. The van der Waals surface area contributed by atoms with Crippen molar-refractivity contribution >= 4 is 18.2 Å². The van der Waals surface area contributed by atoms with Gasteiger partial charge in [0.15, 0.2) is 23.0 Å². The van der Waals surface area contributed by atoms with Crippen molar-refractivity contribution in [3.8, 4) is 23.0 Å². The summed E-state index contributed by atoms with van der Waals surface area (Å²) in [5.41, 5.74) is 0.573. The van der Waals surface area contributed by atoms with Gasteiger partial charge in [0, 0.05) is 12.5 Å². The van der Waals surface area contributed by atoms with E-state index in [9.17, 15) is 14.4 Å². The van der Waals surface area contributed by atoms with Gasteiger partial charge in [-0.3, -0.25) is 9.59 Å². The molecule has 152 valence electrons. The van der Waals surface area contributed by atoms with E-state index in [0.717, 1.165) is 0 Å². The Balaban J connectivity index is 0.000000424. The number of aromatic carboxylic acids is 1. The van der Waals surface area contributed by atoms with Crippen LogP contribution in [0.15, 0.2) is 36.4 Å². The summed E-state index contributed by atoms with van der Waals surface area (Å²) in [5.74, 6) is -0.844. The lowest BCUT2D eigenvalue weighted by atomic mass is 10.2. The van der Waals surface area contributed by atoms with Crippen LogP contribution in [0.5, 0.6) is 23.0 Å². The molecule has 0 radical (unpaired) electrons. The molecule has 2 rings (SSSR count). The normalized spacial score (nSPS) is 8.86. The van der Waals surface area contributed by atoms with Gasteiger partial charge in [-0.25, -0.2) is 4.79 Å². The molecule has 2 aromatic rings. The number of phenols is 2. The molecule has 0 fully saturated rings. The summed E-state index contributed by atoms with van der Waals surface area (Å²) in [7, 11) is 4.15. The molecule has 0 aliphatic heterocycles. The molecule has 0 saturated carbocycles. The molecule has 0 aliphatic carbocycles. The molecule has 0 spiro atoms. The number of carbonyl (C=O) groups excluding carboxylic acids is 2. The van der Waals surface area contributed by atoms with Crippen LogP contribution in [0.3, 0.4) is 0 Å². The Morgan fingerprint density at radius 2 is 1.36 bits per heavy atom. The molecule has 0 saturated heterocycles. The van der Waals surface area contributed by atoms with Crippen molar-refractivity contribution in [3.05, 3.63) is 47.5 Å². The summed E-state index contributed by atoms with van der Waals surface area (Å²) >= 11 is 0. The molecule has 3 N–H and O–H groups in total. The number of hydrogen-bond acceptors (Lipinski definition) is 8. The van der Waals surface area contributed by atoms with Crippen LogP contribution in [0.4, 0.5) is 0 Å². The van der Waals surface area contributed by atoms with E-state index >= 15 is 0 Å². The molecule has 0 aromatic heterocycles. The van der Waals surface area contributed by atoms with E-state index in [4.69, 9.17) is 24.8 Å². The molecule has 0 atom stereocenters. The van der Waals surface area contributed by atoms with E-state index in [2.05, 4.69) is 4.74 Å². The quantitative estimate of drug-likeness (QED) is 0.527. The first-order valence-corrected chi connectivity index (χ1v) is 7.67. The number of carboxylic acid groups (broad SMARTS) is 1. The number of methoxy groups -OCH3 is 3. The fourth-order valence-corrected chi connectivity index (χ4v) is 1.58. The zero-order chi connectivity index (χ0) is 21.7. The van der Waals surface area contributed by atoms with E-state index in [1.54, 1.807) is 0 Å². The van der Waals surface area contributed by atoms with Crippen molar-refractivity contribution in [3.63, 3.8) is 0 Å². The van der Waals surface area contributed by atoms with E-state index in [1.165, 1.54) is 64.7 Å². The first kappa shape index (κ1) is 24.2. The second kappa shape index (κ2) is 12.6. The van der Waals surface area contributed by atoms with Crippen LogP contribution in [0.2, 0.25) is 0 Å². The summed E-state index contributed by atoms with van der Waals surface area (Å²) in [6.45, 7) is 1.36. The minimum absolute atomic E-state index is 0.0399. The highest BCUT2D eigenvalue weighted by Crippen LogP contribution is 2.26. The number of esters is 1. The third kappa shape index (κ3) is 8.56. The van der Waals surface area contributed by atoms with Gasteiger partial charge < -0.3 is 29.5 Å². The molecule has 9 nitrogen and oxygen atoms in total. The molecule has 0 unspecified atom stereocenters. The smallest absolute Gasteiger partial charge is 0.335 e. The number of hydrogen-bond donors (Lipinski definition) is 3. The number of benzene rings is 2. The Hall–Kier alpha value is -3.75. The summed E-state index contributed by atoms with van der Waals surface area (Å²) in [6.07, 6.45) is 0.696. The van der Waals surface area contributed by atoms with Crippen LogP contribution in [0.1, 0.15) is 27.6 Å². The number of ether oxygens (including phenoxy) is 3. The van der Waals surface area contributed by atoms with Crippen LogP contribution in [-0.2, 0) is 9.53 Å². The van der Waals surface area contributed by atoms with Crippen LogP contribution in [0.25, 0.3) is 0 Å². The number of carboxylic acids is 1. The van der Waals surface area contributed by atoms with Gasteiger partial charge >= 0.3 is 11.9 Å². The van der Waals surface area contributed by atoms with Crippen molar-refractivity contribution in [1.82, 2.24) is 0 Å². The van der Waals surface area contributed by atoms with E-state index < -0.39 is 5.97 Å². The van der Waals surface area contributed by atoms with Gasteiger partial charge in [-0.2, -0.15) is 0 Å². The Kier molecular flexibility index (Phi) is 10.9. The van der Waals surface area contributed by atoms with Crippen LogP contribution < -0.4 is 9.47 Å². The van der Waals surface area contributed by atoms with Gasteiger partial charge in [0.2, 0.25) is 0 Å². The molecular formula is C19H22O9. The van der Waals surface area contributed by atoms with Crippen LogP contribution in [-0.4, -0.2) is 54.9 Å². The zero-order valence-electron chi connectivity index (χ0n) is 15.8. The molecule has 28 heavy (non-hydrogen) atoms. The van der Waals surface area contributed by atoms with Gasteiger partial charge in [-0.15, -0.1) is 0 Å². The lowest BCUT2D eigenvalue weighted by Crippen LogP contribution is -1.96. The van der Waals surface area contributed by atoms with E-state index in [0.29, 0.717) is 17.6 Å². The Morgan fingerprint density at radius 1 is 0.893 bits per heavy atom. The van der Waals surface area contributed by atoms with E-state index in [1.807, 2.05) is 0 Å². The highest BCUT2D eigenvalue weighted by Gasteiger charge is 2.07. The zero-order valence-corrected chi connectivity index (χ0v) is 15.8. The summed E-state index contributed by atoms with van der Waals surface area (Å²) in [4.78, 5) is 30.3. The number of phenolic OH excluding ortho intramolecular Hbond substituents is 2. The van der Waals surface area contributed by atoms with Crippen molar-refractivity contribution < 1.29 is 43.9 Å². The lowest BCUT2D eigenvalue weighted by molar-refractivity contribution is -0.137. The Morgan fingerprint density at radius 3 is 1.75 bits per heavy atom. The standard InChI is InChI=1S/C8H8O4.C8H8O3.C3H6O2/c1-12-7-4-5(8(10)11)2-3-6(7)9;1-11-8-4-6(5-9)2-3-7(8)10;1-3(4)5-2/h2-4,9H,1H3,(H,10,11);2-5,10H,1H3;1-2H3. The first-order valence-electron chi connectivity index (χ1n) is 7.67. The van der Waals surface area contributed by atoms with Gasteiger partial charge in [0.05, 0.1) is 26.9 Å². The Labute approximate surface area is 161 Å². The second-order valence-corrected chi connectivity index (χ2v) is 4.94. The fraction of sp³-hybridized carbons (Fsp3) is 0.211. The maximum Gasteiger partial charge on any atom is 0.335 e. The number of aldehydes is 1. The average Bonchev–Trinajstić information content (AvgIpc) is 2.69. The van der Waals surface area contributed by atoms with Gasteiger partial charge in [0.1, 0.15) is 6.29 Å². The summed E-state index contributed by atoms with van der Waals surface area (Å²) in [6, 6.07) is 8.26. The molecule has 0 bridgehead atoms. The minimum atomic E-state index is -1.05. The number of carbonyl (C=O) groups is 3. The third-order valence-electron chi connectivity index (χ3n) is 3.05. The van der Waals surface area contributed by atoms with Crippen molar-refractivity contribution in [2.45, 2.75) is 6.92 Å². The lowest BCUT2D eigenvalue weighted by Gasteiger charge is -2.02. The maximum absolute atomic E-state index is 10.4. The fourth-order valence-electron chi connectivity index (χ4n) is 1.58. The first-order chi connectivity index (χ1) is 13.2. The molecular weight excluding hydrogens is 372 g/mol. The van der Waals surface area contributed by atoms with Crippen molar-refractivity contribution in [2.75, 3.05) is 21.3 Å². The SMILES string of the molecule is COC(C)=O.COc1cc(C(=O)O)ccc1O.COc1cc(C=O)ccc1O. The summed E-state index contributed by atoms with van der Waals surface area (Å²) in [5, 5.41) is 26.7. The average molecular weight is 394 g/mol. The largest absolute Gasteiger partial charge is 0.504 e. The van der Waals surface area contributed by atoms with Gasteiger partial charge in [-0.1, -0.05) is 0 Å². The molecule has 2 aromatic carbocycles. The molecule has 0 amide bonds. The van der Waals surface area contributed by atoms with E-state index in [-0.39, 0.29) is 28.8 Å². The minimum Gasteiger partial charge on any atom is -0.504 e. The predicted molar refractivity (Wildman–Crippen MR) is 99.4 cm³/mol. The molecule has 0 aliphatic rings. The predicted octanol–water partition coefficient (Wildman–Crippen LogP) is 2.49. The Bertz CT molecular complexity index is 800. The number of rotatable bonds is 4. The molecule has 9 heteroatoms. The highest BCUT2D eigenvalue weighted by molar-refractivity contribution is 5.88. The third-order valence-corrected chi connectivity index (χ3v) is 3.05. The van der Waals surface area contributed by atoms with Crippen molar-refractivity contribution in [1.29, 1.82) is 0 Å². The molecule has 0 heterocycles. The maximum atomic E-state index is 10.4. The highest BCUT2D eigenvalue weighted by atomic mass is 16.5. The second-order valence-electron chi connectivity index (χ2n) is 4.94. The van der Waals surface area contributed by atoms with Crippen molar-refractivity contribution in [2.24, 2.45) is 0 Å². The van der Waals surface area contributed by atoms with Gasteiger partial charge in [-0.05, 0) is 36.4 Å². The van der Waals surface area contributed by atoms with Gasteiger partial charge in [0.25, 0.3) is 0 Å². The summed E-state index contributed by atoms with van der Waals surface area (Å²) < 4.78 is 13.6.